The molecule has 0 radical (unpaired) electrons. The van der Waals surface area contributed by atoms with Crippen molar-refractivity contribution in [2.24, 2.45) is 5.10 Å². The van der Waals surface area contributed by atoms with Crippen molar-refractivity contribution in [2.45, 2.75) is 24.3 Å². The van der Waals surface area contributed by atoms with Crippen LogP contribution in [-0.4, -0.2) is 32.8 Å². The van der Waals surface area contributed by atoms with Crippen molar-refractivity contribution in [3.8, 4) is 11.5 Å². The molecule has 1 atom stereocenters. The van der Waals surface area contributed by atoms with Crippen LogP contribution in [0.2, 0.25) is 0 Å². The standard InChI is InChI=1S/C24H23FN2O4S/c1-16-4-10-22(11-5-16)32(28,29)27-24(17-6-8-19(25)9-7-17)15-23(26-27)18-12-20(30-2)14-21(13-18)31-3/h4-14,24H,15H2,1-3H3. The fourth-order valence-corrected chi connectivity index (χ4v) is 5.04. The lowest BCUT2D eigenvalue weighted by molar-refractivity contribution is 0.371. The van der Waals surface area contributed by atoms with E-state index >= 15 is 0 Å². The van der Waals surface area contributed by atoms with E-state index in [0.717, 1.165) is 9.98 Å². The van der Waals surface area contributed by atoms with Crippen molar-refractivity contribution in [3.63, 3.8) is 0 Å². The van der Waals surface area contributed by atoms with Gasteiger partial charge in [0.25, 0.3) is 10.0 Å². The van der Waals surface area contributed by atoms with Crippen LogP contribution in [0.1, 0.15) is 29.2 Å². The van der Waals surface area contributed by atoms with E-state index in [-0.39, 0.29) is 4.90 Å². The Kier molecular flexibility index (Phi) is 5.88. The number of nitrogens with zero attached hydrogens (tertiary/aromatic N) is 2. The van der Waals surface area contributed by atoms with Gasteiger partial charge in [0, 0.05) is 18.1 Å². The van der Waals surface area contributed by atoms with Crippen LogP contribution in [-0.2, 0) is 10.0 Å². The van der Waals surface area contributed by atoms with Gasteiger partial charge < -0.3 is 9.47 Å². The first-order chi connectivity index (χ1) is 15.3. The second-order valence-corrected chi connectivity index (χ2v) is 9.31. The molecule has 4 rings (SSSR count). The summed E-state index contributed by atoms with van der Waals surface area (Å²) in [5.74, 6) is 0.749. The molecule has 1 aliphatic rings. The van der Waals surface area contributed by atoms with Gasteiger partial charge in [-0.25, -0.2) is 4.39 Å². The smallest absolute Gasteiger partial charge is 0.279 e. The summed E-state index contributed by atoms with van der Waals surface area (Å²) >= 11 is 0. The molecule has 0 bridgehead atoms. The zero-order valence-corrected chi connectivity index (χ0v) is 18.8. The Morgan fingerprint density at radius 3 is 2.09 bits per heavy atom. The van der Waals surface area contributed by atoms with Gasteiger partial charge in [-0.05, 0) is 48.9 Å². The van der Waals surface area contributed by atoms with Crippen LogP contribution in [0.15, 0.2) is 76.7 Å². The largest absolute Gasteiger partial charge is 0.497 e. The Morgan fingerprint density at radius 1 is 0.938 bits per heavy atom. The summed E-state index contributed by atoms with van der Waals surface area (Å²) in [7, 11) is -0.853. The van der Waals surface area contributed by atoms with Gasteiger partial charge in [-0.3, -0.25) is 0 Å². The summed E-state index contributed by atoms with van der Waals surface area (Å²) in [4.78, 5) is 0.142. The molecule has 0 aromatic heterocycles. The zero-order chi connectivity index (χ0) is 22.9. The molecule has 1 unspecified atom stereocenters. The van der Waals surface area contributed by atoms with Gasteiger partial charge in [0.15, 0.2) is 0 Å². The molecular weight excluding hydrogens is 431 g/mol. The molecule has 32 heavy (non-hydrogen) atoms. The van der Waals surface area contributed by atoms with E-state index in [4.69, 9.17) is 9.47 Å². The van der Waals surface area contributed by atoms with Crippen LogP contribution < -0.4 is 9.47 Å². The molecule has 166 valence electrons. The molecule has 1 heterocycles. The lowest BCUT2D eigenvalue weighted by Gasteiger charge is -2.23. The van der Waals surface area contributed by atoms with Gasteiger partial charge in [-0.2, -0.15) is 17.9 Å². The van der Waals surface area contributed by atoms with E-state index in [1.165, 1.54) is 12.1 Å². The van der Waals surface area contributed by atoms with E-state index < -0.39 is 21.9 Å². The first-order valence-corrected chi connectivity index (χ1v) is 11.4. The average Bonchev–Trinajstić information content (AvgIpc) is 3.26. The Labute approximate surface area is 187 Å². The van der Waals surface area contributed by atoms with Crippen LogP contribution in [0, 0.1) is 12.7 Å². The molecule has 0 amide bonds. The molecular formula is C24H23FN2O4S. The third kappa shape index (κ3) is 4.18. The molecule has 6 nitrogen and oxygen atoms in total. The van der Waals surface area contributed by atoms with E-state index in [9.17, 15) is 12.8 Å². The van der Waals surface area contributed by atoms with Gasteiger partial charge in [0.1, 0.15) is 17.3 Å². The summed E-state index contributed by atoms with van der Waals surface area (Å²) in [6.45, 7) is 1.89. The third-order valence-electron chi connectivity index (χ3n) is 5.38. The van der Waals surface area contributed by atoms with Crippen molar-refractivity contribution < 1.29 is 22.3 Å². The topological polar surface area (TPSA) is 68.2 Å². The van der Waals surface area contributed by atoms with Crippen LogP contribution in [0.5, 0.6) is 11.5 Å². The molecule has 0 saturated carbocycles. The maximum Gasteiger partial charge on any atom is 0.279 e. The summed E-state index contributed by atoms with van der Waals surface area (Å²) < 4.78 is 52.4. The van der Waals surface area contributed by atoms with Crippen LogP contribution >= 0.6 is 0 Å². The lowest BCUT2D eigenvalue weighted by Crippen LogP contribution is -2.27. The molecule has 3 aromatic carbocycles. The van der Waals surface area contributed by atoms with Gasteiger partial charge in [0.2, 0.25) is 0 Å². The quantitative estimate of drug-likeness (QED) is 0.542. The van der Waals surface area contributed by atoms with Crippen LogP contribution in [0.4, 0.5) is 4.39 Å². The maximum absolute atomic E-state index is 13.5. The third-order valence-corrected chi connectivity index (χ3v) is 7.07. The van der Waals surface area contributed by atoms with Crippen LogP contribution in [0.3, 0.4) is 0 Å². The number of benzene rings is 3. The molecule has 0 N–H and O–H groups in total. The highest BCUT2D eigenvalue weighted by molar-refractivity contribution is 7.89. The number of sulfonamides is 1. The fourth-order valence-electron chi connectivity index (χ4n) is 3.61. The summed E-state index contributed by atoms with van der Waals surface area (Å²) in [6, 6.07) is 17.1. The highest BCUT2D eigenvalue weighted by atomic mass is 32.2. The number of rotatable bonds is 6. The van der Waals surface area contributed by atoms with Crippen molar-refractivity contribution in [2.75, 3.05) is 14.2 Å². The maximum atomic E-state index is 13.5. The molecule has 0 aliphatic carbocycles. The van der Waals surface area contributed by atoms with E-state index in [1.807, 2.05) is 6.92 Å². The number of hydrogen-bond acceptors (Lipinski definition) is 5. The van der Waals surface area contributed by atoms with Gasteiger partial charge >= 0.3 is 0 Å². The minimum atomic E-state index is -3.95. The zero-order valence-electron chi connectivity index (χ0n) is 17.9. The average molecular weight is 455 g/mol. The van der Waals surface area contributed by atoms with E-state index in [1.54, 1.807) is 68.8 Å². The van der Waals surface area contributed by atoms with Crippen molar-refractivity contribution in [1.29, 1.82) is 0 Å². The Balaban J connectivity index is 1.82. The molecule has 3 aromatic rings. The monoisotopic (exact) mass is 454 g/mol. The highest BCUT2D eigenvalue weighted by Crippen LogP contribution is 2.38. The van der Waals surface area contributed by atoms with Gasteiger partial charge in [-0.15, -0.1) is 0 Å². The SMILES string of the molecule is COc1cc(OC)cc(C2=NN(S(=O)(=O)c3ccc(C)cc3)C(c3ccc(F)cc3)C2)c1. The Hall–Kier alpha value is -3.39. The van der Waals surface area contributed by atoms with E-state index in [0.29, 0.717) is 34.8 Å². The summed E-state index contributed by atoms with van der Waals surface area (Å²) in [5.41, 5.74) is 2.85. The Bertz CT molecular complexity index is 1230. The first-order valence-electron chi connectivity index (χ1n) is 9.99. The number of methoxy groups -OCH3 is 2. The van der Waals surface area contributed by atoms with Crippen molar-refractivity contribution in [3.05, 3.63) is 89.2 Å². The molecule has 0 saturated heterocycles. The van der Waals surface area contributed by atoms with Gasteiger partial charge in [0.05, 0.1) is 30.9 Å². The number of hydrogen-bond donors (Lipinski definition) is 0. The highest BCUT2D eigenvalue weighted by Gasteiger charge is 2.38. The second kappa shape index (κ2) is 8.63. The van der Waals surface area contributed by atoms with Crippen molar-refractivity contribution >= 4 is 15.7 Å². The summed E-state index contributed by atoms with van der Waals surface area (Å²) in [6.07, 6.45) is 0.313. The second-order valence-electron chi connectivity index (χ2n) is 7.51. The van der Waals surface area contributed by atoms with Crippen LogP contribution in [0.25, 0.3) is 0 Å². The van der Waals surface area contributed by atoms with E-state index in [2.05, 4.69) is 5.10 Å². The Morgan fingerprint density at radius 2 is 1.53 bits per heavy atom. The molecule has 0 fully saturated rings. The first kappa shape index (κ1) is 21.8. The van der Waals surface area contributed by atoms with Crippen molar-refractivity contribution in [1.82, 2.24) is 4.41 Å². The predicted octanol–water partition coefficient (Wildman–Crippen LogP) is 4.69. The lowest BCUT2D eigenvalue weighted by atomic mass is 9.99. The normalized spacial score (nSPS) is 16.1. The fraction of sp³-hybridized carbons (Fsp3) is 0.208. The molecule has 8 heteroatoms. The minimum Gasteiger partial charge on any atom is -0.497 e. The number of ether oxygens (including phenoxy) is 2. The predicted molar refractivity (Wildman–Crippen MR) is 120 cm³/mol. The van der Waals surface area contributed by atoms with Gasteiger partial charge in [-0.1, -0.05) is 29.8 Å². The number of aryl methyl sites for hydroxylation is 1. The number of halogens is 1. The molecule has 1 aliphatic heterocycles. The number of hydrazone groups is 1. The summed E-state index contributed by atoms with van der Waals surface area (Å²) in [5, 5.41) is 4.52. The molecule has 0 spiro atoms. The minimum absolute atomic E-state index is 0.142.